The standard InChI is InChI=1S/C33H38ClF2N9O3/c1-43(21-33(20-38)10-3-2-4-11-33)23-8-14-44(15-9-23)28(46)19-45-18-26(41-31(47)25(17-37)30-39-12-5-13-40-30)29(42-45)24-16-22(34)6-7-27(24)48-32(35)36/h5-7,12-13,16-18,23,32H,2-4,8-11,14-15,19,21,37H2,1H3,(H,41,47). The van der Waals surface area contributed by atoms with Crippen molar-refractivity contribution in [3.05, 3.63) is 59.9 Å². The SMILES string of the molecule is CN(CC1(C#N)CCCCC1)C1CCN(C(=O)Cn2cc(NC(=O)C(=CN)c3ncccn3)c(-c3cc(Cl)ccc3OC(F)F)n2)CC1. The number of amides is 2. The van der Waals surface area contributed by atoms with Crippen LogP contribution in [-0.4, -0.2) is 80.7 Å². The van der Waals surface area contributed by atoms with E-state index >= 15 is 0 Å². The van der Waals surface area contributed by atoms with Crippen LogP contribution < -0.4 is 15.8 Å². The number of hydrogen-bond acceptors (Lipinski definition) is 9. The van der Waals surface area contributed by atoms with Crippen LogP contribution in [0.4, 0.5) is 14.5 Å². The van der Waals surface area contributed by atoms with Gasteiger partial charge in [-0.25, -0.2) is 9.97 Å². The van der Waals surface area contributed by atoms with Gasteiger partial charge in [0.1, 0.15) is 18.0 Å². The predicted octanol–water partition coefficient (Wildman–Crippen LogP) is 4.93. The first-order valence-electron chi connectivity index (χ1n) is 15.8. The summed E-state index contributed by atoms with van der Waals surface area (Å²) in [4.78, 5) is 39.0. The number of nitrogens with two attached hydrogens (primary N) is 1. The Morgan fingerprint density at radius 2 is 1.94 bits per heavy atom. The second-order valence-electron chi connectivity index (χ2n) is 12.2. The fourth-order valence-corrected chi connectivity index (χ4v) is 6.67. The van der Waals surface area contributed by atoms with E-state index in [4.69, 9.17) is 22.1 Å². The van der Waals surface area contributed by atoms with Crippen LogP contribution in [0.25, 0.3) is 16.8 Å². The summed E-state index contributed by atoms with van der Waals surface area (Å²) in [5.41, 5.74) is 5.62. The number of carbonyl (C=O) groups is 2. The zero-order valence-corrected chi connectivity index (χ0v) is 27.4. The molecule has 0 bridgehead atoms. The first-order chi connectivity index (χ1) is 23.1. The summed E-state index contributed by atoms with van der Waals surface area (Å²) in [6, 6.07) is 8.48. The summed E-state index contributed by atoms with van der Waals surface area (Å²) in [7, 11) is 2.06. The molecule has 15 heteroatoms. The van der Waals surface area contributed by atoms with Crippen molar-refractivity contribution < 1.29 is 23.1 Å². The van der Waals surface area contributed by atoms with E-state index in [0.717, 1.165) is 51.3 Å². The highest BCUT2D eigenvalue weighted by Crippen LogP contribution is 2.38. The minimum absolute atomic E-state index is 0.0439. The van der Waals surface area contributed by atoms with Gasteiger partial charge in [-0.1, -0.05) is 30.9 Å². The third-order valence-corrected chi connectivity index (χ3v) is 9.21. The van der Waals surface area contributed by atoms with Gasteiger partial charge in [-0.15, -0.1) is 0 Å². The summed E-state index contributed by atoms with van der Waals surface area (Å²) < 4.78 is 32.7. The van der Waals surface area contributed by atoms with Crippen molar-refractivity contribution >= 4 is 34.7 Å². The van der Waals surface area contributed by atoms with Gasteiger partial charge in [-0.05, 0) is 57.0 Å². The number of piperidine rings is 1. The number of rotatable bonds is 11. The molecular weight excluding hydrogens is 644 g/mol. The Hall–Kier alpha value is -4.61. The normalized spacial score (nSPS) is 16.9. The van der Waals surface area contributed by atoms with Gasteiger partial charge in [-0.2, -0.15) is 19.1 Å². The Morgan fingerprint density at radius 1 is 1.23 bits per heavy atom. The highest BCUT2D eigenvalue weighted by atomic mass is 35.5. The lowest BCUT2D eigenvalue weighted by Gasteiger charge is -2.41. The molecule has 2 fully saturated rings. The summed E-state index contributed by atoms with van der Waals surface area (Å²) in [5, 5.41) is 17.3. The molecule has 2 aromatic heterocycles. The molecule has 2 amide bonds. The van der Waals surface area contributed by atoms with E-state index in [-0.39, 0.29) is 63.0 Å². The van der Waals surface area contributed by atoms with Gasteiger partial charge in [0.2, 0.25) is 5.91 Å². The second-order valence-corrected chi connectivity index (χ2v) is 12.6. The smallest absolute Gasteiger partial charge is 0.387 e. The number of halogens is 3. The number of benzene rings is 1. The lowest BCUT2D eigenvalue weighted by atomic mass is 9.74. The summed E-state index contributed by atoms with van der Waals surface area (Å²) in [6.07, 6.45) is 12.1. The average Bonchev–Trinajstić information content (AvgIpc) is 3.47. The van der Waals surface area contributed by atoms with Gasteiger partial charge in [-0.3, -0.25) is 14.3 Å². The number of carbonyl (C=O) groups excluding carboxylic acids is 2. The maximum absolute atomic E-state index is 13.5. The van der Waals surface area contributed by atoms with Crippen LogP contribution in [0.1, 0.15) is 50.8 Å². The topological polar surface area (TPSA) is 155 Å². The van der Waals surface area contributed by atoms with Crippen molar-refractivity contribution in [3.8, 4) is 23.1 Å². The lowest BCUT2D eigenvalue weighted by Crippen LogP contribution is -2.49. The zero-order chi connectivity index (χ0) is 34.3. The third kappa shape index (κ3) is 8.26. The summed E-state index contributed by atoms with van der Waals surface area (Å²) >= 11 is 6.22. The quantitative estimate of drug-likeness (QED) is 0.268. The fourth-order valence-electron chi connectivity index (χ4n) is 6.49. The maximum atomic E-state index is 13.5. The van der Waals surface area contributed by atoms with E-state index in [1.807, 2.05) is 0 Å². The molecule has 3 N–H and O–H groups in total. The van der Waals surface area contributed by atoms with E-state index in [1.54, 1.807) is 11.0 Å². The Morgan fingerprint density at radius 3 is 2.58 bits per heavy atom. The Labute approximate surface area is 282 Å². The van der Waals surface area contributed by atoms with Crippen LogP contribution in [0.2, 0.25) is 5.02 Å². The van der Waals surface area contributed by atoms with E-state index < -0.39 is 12.5 Å². The average molecular weight is 682 g/mol. The van der Waals surface area contributed by atoms with Crippen LogP contribution in [0, 0.1) is 16.7 Å². The zero-order valence-electron chi connectivity index (χ0n) is 26.6. The molecule has 0 spiro atoms. The highest BCUT2D eigenvalue weighted by molar-refractivity contribution is 6.31. The number of ether oxygens (including phenoxy) is 1. The van der Waals surface area contributed by atoms with Gasteiger partial charge in [0, 0.05) is 61.1 Å². The number of nitriles is 1. The number of nitrogens with one attached hydrogen (secondary N) is 1. The number of anilines is 1. The molecule has 3 aromatic rings. The number of alkyl halides is 2. The van der Waals surface area contributed by atoms with Crippen molar-refractivity contribution in [1.29, 1.82) is 5.26 Å². The number of hydrogen-bond donors (Lipinski definition) is 2. The van der Waals surface area contributed by atoms with E-state index in [9.17, 15) is 23.6 Å². The van der Waals surface area contributed by atoms with E-state index in [0.29, 0.717) is 13.1 Å². The first-order valence-corrected chi connectivity index (χ1v) is 16.2. The molecule has 0 atom stereocenters. The van der Waals surface area contributed by atoms with Crippen LogP contribution >= 0.6 is 11.6 Å². The van der Waals surface area contributed by atoms with Gasteiger partial charge in [0.05, 0.1) is 22.7 Å². The molecule has 12 nitrogen and oxygen atoms in total. The number of aromatic nitrogens is 4. The number of likely N-dealkylation sites (tertiary alicyclic amines) is 1. The van der Waals surface area contributed by atoms with Crippen molar-refractivity contribution in [2.45, 2.75) is 64.1 Å². The molecule has 1 aliphatic carbocycles. The molecule has 3 heterocycles. The Kier molecular flexibility index (Phi) is 11.2. The first kappa shape index (κ1) is 34.7. The highest BCUT2D eigenvalue weighted by Gasteiger charge is 2.36. The van der Waals surface area contributed by atoms with Crippen molar-refractivity contribution in [2.75, 3.05) is 32.0 Å². The van der Waals surface area contributed by atoms with Gasteiger partial charge < -0.3 is 25.6 Å². The lowest BCUT2D eigenvalue weighted by molar-refractivity contribution is -0.133. The van der Waals surface area contributed by atoms with E-state index in [2.05, 4.69) is 38.4 Å². The monoisotopic (exact) mass is 681 g/mol. The van der Waals surface area contributed by atoms with Gasteiger partial charge >= 0.3 is 6.61 Å². The van der Waals surface area contributed by atoms with Crippen molar-refractivity contribution in [1.82, 2.24) is 29.5 Å². The molecule has 1 saturated heterocycles. The van der Waals surface area contributed by atoms with Crippen LogP contribution in [0.3, 0.4) is 0 Å². The second kappa shape index (κ2) is 15.5. The molecule has 1 saturated carbocycles. The molecule has 0 radical (unpaired) electrons. The van der Waals surface area contributed by atoms with Crippen LogP contribution in [-0.2, 0) is 16.1 Å². The molecular formula is C33H38ClF2N9O3. The van der Waals surface area contributed by atoms with Crippen molar-refractivity contribution in [3.63, 3.8) is 0 Å². The van der Waals surface area contributed by atoms with E-state index in [1.165, 1.54) is 47.9 Å². The molecule has 2 aliphatic rings. The molecule has 1 aliphatic heterocycles. The molecule has 1 aromatic carbocycles. The molecule has 0 unspecified atom stereocenters. The minimum Gasteiger partial charge on any atom is -0.434 e. The van der Waals surface area contributed by atoms with Crippen molar-refractivity contribution in [2.24, 2.45) is 11.1 Å². The predicted molar refractivity (Wildman–Crippen MR) is 175 cm³/mol. The minimum atomic E-state index is -3.14. The maximum Gasteiger partial charge on any atom is 0.387 e. The fraction of sp³-hybridized carbons (Fsp3) is 0.455. The van der Waals surface area contributed by atoms with Gasteiger partial charge in [0.25, 0.3) is 5.91 Å². The summed E-state index contributed by atoms with van der Waals surface area (Å²) in [6.45, 7) is -1.51. The Balaban J connectivity index is 1.33. The van der Waals surface area contributed by atoms with Crippen LogP contribution in [0.15, 0.2) is 49.1 Å². The molecule has 254 valence electrons. The number of nitrogens with zero attached hydrogens (tertiary/aromatic N) is 7. The van der Waals surface area contributed by atoms with Gasteiger partial charge in [0.15, 0.2) is 5.82 Å². The largest absolute Gasteiger partial charge is 0.434 e. The summed E-state index contributed by atoms with van der Waals surface area (Å²) in [5.74, 6) is -1.03. The van der Waals surface area contributed by atoms with Crippen LogP contribution in [0.5, 0.6) is 5.75 Å². The molecule has 5 rings (SSSR count). The third-order valence-electron chi connectivity index (χ3n) is 8.98. The molecule has 48 heavy (non-hydrogen) atoms. The Bertz CT molecular complexity index is 1660.